The second-order valence-electron chi connectivity index (χ2n) is 4.35. The minimum absolute atomic E-state index is 0.936. The zero-order valence-corrected chi connectivity index (χ0v) is 11.4. The van der Waals surface area contributed by atoms with Gasteiger partial charge in [0, 0.05) is 22.6 Å². The first-order valence-corrected chi connectivity index (χ1v) is 6.87. The molecule has 0 aromatic rings. The van der Waals surface area contributed by atoms with Crippen LogP contribution in [0.25, 0.3) is 0 Å². The van der Waals surface area contributed by atoms with Crippen LogP contribution in [0.2, 0.25) is 0 Å². The lowest BCUT2D eigenvalue weighted by atomic mass is 9.95. The van der Waals surface area contributed by atoms with Crippen molar-refractivity contribution in [2.24, 2.45) is 0 Å². The van der Waals surface area contributed by atoms with Crippen molar-refractivity contribution in [2.75, 3.05) is 0 Å². The van der Waals surface area contributed by atoms with Crippen LogP contribution in [-0.2, 0) is 0 Å². The summed E-state index contributed by atoms with van der Waals surface area (Å²) in [4.78, 5) is 2.21. The van der Waals surface area contributed by atoms with E-state index in [2.05, 4.69) is 36.5 Å². The number of thiocarbonyl (C=S) groups is 2. The molecule has 2 heteroatoms. The first-order chi connectivity index (χ1) is 8.27. The van der Waals surface area contributed by atoms with Gasteiger partial charge in [-0.2, -0.15) is 0 Å². The Hall–Kier alpha value is -0.860. The van der Waals surface area contributed by atoms with Crippen molar-refractivity contribution in [1.82, 2.24) is 0 Å². The van der Waals surface area contributed by atoms with Gasteiger partial charge in [-0.05, 0) is 30.4 Å². The van der Waals surface area contributed by atoms with E-state index in [1.165, 1.54) is 11.1 Å². The predicted molar refractivity (Wildman–Crippen MR) is 82.7 cm³/mol. The van der Waals surface area contributed by atoms with E-state index in [-0.39, 0.29) is 0 Å². The molecule has 17 heavy (non-hydrogen) atoms. The number of hydrogen-bond acceptors (Lipinski definition) is 2. The highest BCUT2D eigenvalue weighted by molar-refractivity contribution is 7.81. The lowest BCUT2D eigenvalue weighted by molar-refractivity contribution is 0.837. The molecule has 2 aliphatic rings. The van der Waals surface area contributed by atoms with Crippen LogP contribution in [0.3, 0.4) is 0 Å². The largest absolute Gasteiger partial charge is 0.0843 e. The van der Waals surface area contributed by atoms with E-state index in [0.717, 1.165) is 41.8 Å². The zero-order chi connectivity index (χ0) is 12.1. The highest BCUT2D eigenvalue weighted by Crippen LogP contribution is 2.21. The summed E-state index contributed by atoms with van der Waals surface area (Å²) in [5.74, 6) is 0. The molecule has 0 heterocycles. The summed E-state index contributed by atoms with van der Waals surface area (Å²) in [6, 6.07) is 0. The first-order valence-electron chi connectivity index (χ1n) is 6.05. The maximum Gasteiger partial charge on any atom is 0.0221 e. The summed E-state index contributed by atoms with van der Waals surface area (Å²) >= 11 is 10.7. The van der Waals surface area contributed by atoms with E-state index in [9.17, 15) is 0 Å². The minimum Gasteiger partial charge on any atom is -0.0843 e. The average molecular weight is 260 g/mol. The smallest absolute Gasteiger partial charge is 0.0221 e. The van der Waals surface area contributed by atoms with E-state index in [1.54, 1.807) is 0 Å². The normalized spacial score (nSPS) is 19.3. The molecule has 0 atom stereocenters. The molecule has 0 amide bonds. The van der Waals surface area contributed by atoms with Crippen LogP contribution < -0.4 is 0 Å². The lowest BCUT2D eigenvalue weighted by Gasteiger charge is -2.13. The van der Waals surface area contributed by atoms with Gasteiger partial charge in [-0.1, -0.05) is 60.9 Å². The quantitative estimate of drug-likeness (QED) is 0.674. The molecule has 0 saturated heterocycles. The molecule has 0 aromatic carbocycles. The predicted octanol–water partition coefficient (Wildman–Crippen LogP) is 4.67. The molecule has 2 aliphatic carbocycles. The third-order valence-electron chi connectivity index (χ3n) is 3.08. The third-order valence-corrected chi connectivity index (χ3v) is 3.94. The van der Waals surface area contributed by atoms with Crippen LogP contribution in [0.5, 0.6) is 0 Å². The van der Waals surface area contributed by atoms with E-state index < -0.39 is 0 Å². The molecule has 0 fully saturated rings. The van der Waals surface area contributed by atoms with Crippen LogP contribution in [0, 0.1) is 0 Å². The molecule has 0 radical (unpaired) electrons. The van der Waals surface area contributed by atoms with Crippen LogP contribution in [0.1, 0.15) is 32.1 Å². The highest BCUT2D eigenvalue weighted by atomic mass is 32.1. The standard InChI is InChI=1S/C15H16S2/c16-14-10-3-1-6-12(14)8-5-9-13-7-2-4-11-15(13)17/h1-4,6-7H,5,8-11H2. The topological polar surface area (TPSA) is 0 Å². The van der Waals surface area contributed by atoms with Crippen molar-refractivity contribution >= 4 is 34.2 Å². The van der Waals surface area contributed by atoms with Gasteiger partial charge in [0.1, 0.15) is 0 Å². The van der Waals surface area contributed by atoms with Crippen LogP contribution >= 0.6 is 24.4 Å². The van der Waals surface area contributed by atoms with E-state index in [0.29, 0.717) is 0 Å². The van der Waals surface area contributed by atoms with Crippen LogP contribution in [0.15, 0.2) is 47.6 Å². The maximum absolute atomic E-state index is 5.35. The number of rotatable bonds is 4. The summed E-state index contributed by atoms with van der Waals surface area (Å²) in [5, 5.41) is 0. The van der Waals surface area contributed by atoms with E-state index >= 15 is 0 Å². The Balaban J connectivity index is 1.83. The van der Waals surface area contributed by atoms with Gasteiger partial charge in [-0.3, -0.25) is 0 Å². The molecule has 2 rings (SSSR count). The molecular formula is C15H16S2. The molecule has 0 saturated carbocycles. The van der Waals surface area contributed by atoms with Gasteiger partial charge in [-0.25, -0.2) is 0 Å². The molecule has 0 aliphatic heterocycles. The van der Waals surface area contributed by atoms with Crippen molar-refractivity contribution in [2.45, 2.75) is 32.1 Å². The van der Waals surface area contributed by atoms with Gasteiger partial charge in [0.05, 0.1) is 0 Å². The summed E-state index contributed by atoms with van der Waals surface area (Å²) in [7, 11) is 0. The Kier molecular flexibility index (Phi) is 4.57. The molecule has 0 spiro atoms. The molecular weight excluding hydrogens is 244 g/mol. The Morgan fingerprint density at radius 2 is 1.29 bits per heavy atom. The Bertz CT molecular complexity index is 406. The number of hydrogen-bond donors (Lipinski definition) is 0. The summed E-state index contributed by atoms with van der Waals surface area (Å²) < 4.78 is 0. The van der Waals surface area contributed by atoms with E-state index in [4.69, 9.17) is 24.4 Å². The second kappa shape index (κ2) is 6.18. The van der Waals surface area contributed by atoms with E-state index in [1.807, 2.05) is 0 Å². The molecule has 88 valence electrons. The Morgan fingerprint density at radius 1 is 0.824 bits per heavy atom. The maximum atomic E-state index is 5.35. The Morgan fingerprint density at radius 3 is 1.71 bits per heavy atom. The van der Waals surface area contributed by atoms with Crippen molar-refractivity contribution < 1.29 is 0 Å². The van der Waals surface area contributed by atoms with Crippen molar-refractivity contribution in [3.8, 4) is 0 Å². The second-order valence-corrected chi connectivity index (χ2v) is 5.33. The monoisotopic (exact) mass is 260 g/mol. The van der Waals surface area contributed by atoms with Gasteiger partial charge in [-0.15, -0.1) is 0 Å². The highest BCUT2D eigenvalue weighted by Gasteiger charge is 2.09. The fraction of sp³-hybridized carbons (Fsp3) is 0.333. The summed E-state index contributed by atoms with van der Waals surface area (Å²) in [6.45, 7) is 0. The molecule has 0 nitrogen and oxygen atoms in total. The van der Waals surface area contributed by atoms with Crippen molar-refractivity contribution in [3.63, 3.8) is 0 Å². The first kappa shape index (κ1) is 12.6. The van der Waals surface area contributed by atoms with Gasteiger partial charge in [0.2, 0.25) is 0 Å². The molecule has 0 aromatic heterocycles. The lowest BCUT2D eigenvalue weighted by Crippen LogP contribution is -2.04. The summed E-state index contributed by atoms with van der Waals surface area (Å²) in [6.07, 6.45) is 17.9. The fourth-order valence-electron chi connectivity index (χ4n) is 2.08. The SMILES string of the molecule is S=C1CC=CC=C1CCCC1=CC=CCC1=S. The fourth-order valence-corrected chi connectivity index (χ4v) is 2.61. The van der Waals surface area contributed by atoms with Crippen molar-refractivity contribution in [3.05, 3.63) is 47.6 Å². The van der Waals surface area contributed by atoms with Crippen LogP contribution in [0.4, 0.5) is 0 Å². The Labute approximate surface area is 114 Å². The van der Waals surface area contributed by atoms with Crippen LogP contribution in [-0.4, -0.2) is 9.73 Å². The third kappa shape index (κ3) is 3.55. The number of allylic oxidation sites excluding steroid dienone is 8. The molecule has 0 N–H and O–H groups in total. The average Bonchev–Trinajstić information content (AvgIpc) is 2.34. The molecule has 0 unspecified atom stereocenters. The molecule has 0 bridgehead atoms. The minimum atomic E-state index is 0.936. The summed E-state index contributed by atoms with van der Waals surface area (Å²) in [5.41, 5.74) is 2.67. The zero-order valence-electron chi connectivity index (χ0n) is 9.82. The van der Waals surface area contributed by atoms with Gasteiger partial charge in [0.25, 0.3) is 0 Å². The van der Waals surface area contributed by atoms with Gasteiger partial charge >= 0.3 is 0 Å². The van der Waals surface area contributed by atoms with Crippen molar-refractivity contribution in [1.29, 1.82) is 0 Å². The van der Waals surface area contributed by atoms with Gasteiger partial charge in [0.15, 0.2) is 0 Å². The van der Waals surface area contributed by atoms with Gasteiger partial charge < -0.3 is 0 Å².